The third kappa shape index (κ3) is 10.4. The zero-order valence-corrected chi connectivity index (χ0v) is 20.3. The quantitative estimate of drug-likeness (QED) is 0.259. The lowest BCUT2D eigenvalue weighted by Crippen LogP contribution is -2.52. The third-order valence-corrected chi connectivity index (χ3v) is 4.22. The molecule has 0 saturated carbocycles. The number of nitrogens with one attached hydrogen (secondary N) is 2. The Morgan fingerprint density at radius 2 is 2.07 bits per heavy atom. The molecule has 1 fully saturated rings. The van der Waals surface area contributed by atoms with E-state index in [2.05, 4.69) is 25.5 Å². The lowest BCUT2D eigenvalue weighted by molar-refractivity contribution is -0.0201. The molecule has 0 bridgehead atoms. The third-order valence-electron chi connectivity index (χ3n) is 4.22. The average molecular weight is 521 g/mol. The normalized spacial score (nSPS) is 17.4. The van der Waals surface area contributed by atoms with Crippen molar-refractivity contribution in [3.8, 4) is 5.88 Å². The van der Waals surface area contributed by atoms with E-state index in [1.54, 1.807) is 6.20 Å². The second-order valence-corrected chi connectivity index (χ2v) is 7.61. The topological polar surface area (TPSA) is 91.2 Å². The summed E-state index contributed by atoms with van der Waals surface area (Å²) < 4.78 is 10.9. The molecule has 0 amide bonds. The van der Waals surface area contributed by atoms with Crippen LogP contribution in [-0.2, 0) is 11.3 Å². The molecule has 0 aliphatic carbocycles. The molecule has 1 aromatic heterocycles. The molecule has 0 radical (unpaired) electrons. The number of guanidine groups is 1. The highest BCUT2D eigenvalue weighted by molar-refractivity contribution is 14.0. The van der Waals surface area contributed by atoms with E-state index in [0.717, 1.165) is 38.4 Å². The van der Waals surface area contributed by atoms with Crippen molar-refractivity contribution >= 4 is 29.9 Å². The van der Waals surface area contributed by atoms with E-state index in [1.807, 2.05) is 39.8 Å². The molecule has 0 aromatic carbocycles. The zero-order valence-electron chi connectivity index (χ0n) is 18.0. The lowest BCUT2D eigenvalue weighted by Gasteiger charge is -2.34. The maximum absolute atomic E-state index is 10.7. The van der Waals surface area contributed by atoms with Crippen LogP contribution in [-0.4, -0.2) is 78.6 Å². The standard InChI is InChI=1S/C20H35N5O3.HI/c1-5-21-19(23-13-17-6-7-18(22-12-17)28-16(2)3)24-14-20(4,26)15-25-8-10-27-11-9-25;/h6-7,12,16,26H,5,8-11,13-15H2,1-4H3,(H2,21,23,24);1H. The van der Waals surface area contributed by atoms with Crippen LogP contribution in [0, 0.1) is 0 Å². The fourth-order valence-electron chi connectivity index (χ4n) is 2.90. The predicted molar refractivity (Wildman–Crippen MR) is 126 cm³/mol. The van der Waals surface area contributed by atoms with E-state index in [1.165, 1.54) is 0 Å². The number of aliphatic imine (C=N–C) groups is 1. The molecule has 8 nitrogen and oxygen atoms in total. The van der Waals surface area contributed by atoms with E-state index in [-0.39, 0.29) is 30.1 Å². The van der Waals surface area contributed by atoms with Crippen LogP contribution in [0.3, 0.4) is 0 Å². The number of rotatable bonds is 9. The minimum Gasteiger partial charge on any atom is -0.475 e. The molecule has 1 aliphatic heterocycles. The first kappa shape index (κ1) is 25.9. The van der Waals surface area contributed by atoms with Crippen LogP contribution >= 0.6 is 24.0 Å². The molecule has 3 N–H and O–H groups in total. The summed E-state index contributed by atoms with van der Waals surface area (Å²) >= 11 is 0. The number of aromatic nitrogens is 1. The average Bonchev–Trinajstić information content (AvgIpc) is 2.65. The maximum Gasteiger partial charge on any atom is 0.213 e. The fraction of sp³-hybridized carbons (Fsp3) is 0.700. The monoisotopic (exact) mass is 521 g/mol. The van der Waals surface area contributed by atoms with E-state index >= 15 is 0 Å². The summed E-state index contributed by atoms with van der Waals surface area (Å²) in [5, 5.41) is 17.2. The first-order valence-corrected chi connectivity index (χ1v) is 10.0. The van der Waals surface area contributed by atoms with E-state index in [4.69, 9.17) is 9.47 Å². The van der Waals surface area contributed by atoms with Crippen molar-refractivity contribution in [2.24, 2.45) is 4.99 Å². The van der Waals surface area contributed by atoms with Gasteiger partial charge in [-0.15, -0.1) is 24.0 Å². The molecule has 9 heteroatoms. The number of ether oxygens (including phenoxy) is 2. The van der Waals surface area contributed by atoms with Gasteiger partial charge in [0.25, 0.3) is 0 Å². The van der Waals surface area contributed by atoms with Crippen LogP contribution in [0.15, 0.2) is 23.3 Å². The molecule has 1 aromatic rings. The smallest absolute Gasteiger partial charge is 0.213 e. The summed E-state index contributed by atoms with van der Waals surface area (Å²) in [4.78, 5) is 11.1. The number of morpholine rings is 1. The van der Waals surface area contributed by atoms with Crippen molar-refractivity contribution in [2.45, 2.75) is 45.9 Å². The van der Waals surface area contributed by atoms with Gasteiger partial charge < -0.3 is 25.2 Å². The van der Waals surface area contributed by atoms with Crippen molar-refractivity contribution in [1.29, 1.82) is 0 Å². The van der Waals surface area contributed by atoms with Crippen LogP contribution < -0.4 is 15.4 Å². The van der Waals surface area contributed by atoms with Crippen molar-refractivity contribution in [3.05, 3.63) is 23.9 Å². The Hall–Kier alpha value is -1.17. The maximum atomic E-state index is 10.7. The van der Waals surface area contributed by atoms with Crippen molar-refractivity contribution < 1.29 is 14.6 Å². The number of halogens is 1. The summed E-state index contributed by atoms with van der Waals surface area (Å²) in [6.07, 6.45) is 1.88. The fourth-order valence-corrected chi connectivity index (χ4v) is 2.90. The minimum absolute atomic E-state index is 0. The van der Waals surface area contributed by atoms with E-state index < -0.39 is 5.60 Å². The van der Waals surface area contributed by atoms with Gasteiger partial charge in [0.05, 0.1) is 31.5 Å². The number of hydrogen-bond donors (Lipinski definition) is 3. The highest BCUT2D eigenvalue weighted by Crippen LogP contribution is 2.10. The Morgan fingerprint density at radius 3 is 2.66 bits per heavy atom. The Balaban J connectivity index is 0.00000420. The number of pyridine rings is 1. The largest absolute Gasteiger partial charge is 0.475 e. The van der Waals surface area contributed by atoms with E-state index in [9.17, 15) is 5.11 Å². The molecule has 166 valence electrons. The minimum atomic E-state index is -0.856. The number of nitrogens with zero attached hydrogens (tertiary/aromatic N) is 3. The Labute approximate surface area is 191 Å². The molecular formula is C20H36IN5O3. The van der Waals surface area contributed by atoms with Gasteiger partial charge in [0.2, 0.25) is 5.88 Å². The van der Waals surface area contributed by atoms with Gasteiger partial charge in [-0.1, -0.05) is 6.07 Å². The van der Waals surface area contributed by atoms with Crippen LogP contribution in [0.1, 0.15) is 33.3 Å². The summed E-state index contributed by atoms with van der Waals surface area (Å²) in [7, 11) is 0. The van der Waals surface area contributed by atoms with E-state index in [0.29, 0.717) is 31.5 Å². The molecular weight excluding hydrogens is 485 g/mol. The second kappa shape index (κ2) is 13.2. The molecule has 1 aliphatic rings. The van der Waals surface area contributed by atoms with Crippen molar-refractivity contribution in [2.75, 3.05) is 45.9 Å². The first-order chi connectivity index (χ1) is 13.4. The molecule has 1 saturated heterocycles. The summed E-state index contributed by atoms with van der Waals surface area (Å²) in [6, 6.07) is 3.82. The number of aliphatic hydroxyl groups is 1. The van der Waals surface area contributed by atoms with Gasteiger partial charge in [0.1, 0.15) is 0 Å². The van der Waals surface area contributed by atoms with Gasteiger partial charge in [0.15, 0.2) is 5.96 Å². The molecule has 1 unspecified atom stereocenters. The second-order valence-electron chi connectivity index (χ2n) is 7.61. The number of hydrogen-bond acceptors (Lipinski definition) is 6. The summed E-state index contributed by atoms with van der Waals surface area (Å²) in [6.45, 7) is 13.2. The molecule has 1 atom stereocenters. The van der Waals surface area contributed by atoms with Crippen LogP contribution in [0.5, 0.6) is 5.88 Å². The summed E-state index contributed by atoms with van der Waals surface area (Å²) in [5.41, 5.74) is 0.138. The van der Waals surface area contributed by atoms with Crippen molar-refractivity contribution in [3.63, 3.8) is 0 Å². The van der Waals surface area contributed by atoms with Crippen LogP contribution in [0.4, 0.5) is 0 Å². The lowest BCUT2D eigenvalue weighted by atomic mass is 10.1. The van der Waals surface area contributed by atoms with Gasteiger partial charge in [0, 0.05) is 45.0 Å². The van der Waals surface area contributed by atoms with Gasteiger partial charge >= 0.3 is 0 Å². The zero-order chi connectivity index (χ0) is 20.4. The molecule has 29 heavy (non-hydrogen) atoms. The number of β-amino-alcohol motifs (C(OH)–C–C–N with tert-alkyl or cyclic N) is 1. The Morgan fingerprint density at radius 1 is 1.34 bits per heavy atom. The Bertz CT molecular complexity index is 605. The van der Waals surface area contributed by atoms with Gasteiger partial charge in [-0.2, -0.15) is 0 Å². The highest BCUT2D eigenvalue weighted by atomic mass is 127. The molecule has 2 heterocycles. The van der Waals surface area contributed by atoms with Crippen LogP contribution in [0.25, 0.3) is 0 Å². The van der Waals surface area contributed by atoms with Crippen molar-refractivity contribution in [1.82, 2.24) is 20.5 Å². The van der Waals surface area contributed by atoms with Gasteiger partial charge in [-0.05, 0) is 33.3 Å². The molecule has 0 spiro atoms. The Kier molecular flexibility index (Phi) is 11.8. The van der Waals surface area contributed by atoms with Gasteiger partial charge in [-0.25, -0.2) is 9.98 Å². The van der Waals surface area contributed by atoms with Crippen LogP contribution in [0.2, 0.25) is 0 Å². The van der Waals surface area contributed by atoms with Gasteiger partial charge in [-0.3, -0.25) is 4.90 Å². The highest BCUT2D eigenvalue weighted by Gasteiger charge is 2.25. The SMILES string of the molecule is CCNC(=NCc1ccc(OC(C)C)nc1)NCC(C)(O)CN1CCOCC1.I. The predicted octanol–water partition coefficient (Wildman–Crippen LogP) is 1.63. The first-order valence-electron chi connectivity index (χ1n) is 10.0. The molecule has 2 rings (SSSR count). The summed E-state index contributed by atoms with van der Waals surface area (Å²) in [5.74, 6) is 1.29.